The summed E-state index contributed by atoms with van der Waals surface area (Å²) in [6, 6.07) is 11.2. The molecule has 0 aliphatic heterocycles. The summed E-state index contributed by atoms with van der Waals surface area (Å²) in [7, 11) is 4.25. The van der Waals surface area contributed by atoms with Gasteiger partial charge in [0.05, 0.1) is 21.3 Å². The average Bonchev–Trinajstić information content (AvgIpc) is 2.75. The molecule has 0 atom stereocenters. The van der Waals surface area contributed by atoms with Crippen LogP contribution in [-0.2, 0) is 9.53 Å². The Morgan fingerprint density at radius 2 is 1.43 bits per heavy atom. The first kappa shape index (κ1) is 20.6. The zero-order valence-corrected chi connectivity index (χ0v) is 15.6. The Morgan fingerprint density at radius 1 is 0.821 bits per heavy atom. The number of benzene rings is 2. The second kappa shape index (κ2) is 9.81. The Hall–Kier alpha value is -3.75. The van der Waals surface area contributed by atoms with Gasteiger partial charge >= 0.3 is 5.97 Å². The van der Waals surface area contributed by atoms with Crippen molar-refractivity contribution in [1.29, 1.82) is 0 Å². The van der Waals surface area contributed by atoms with Crippen molar-refractivity contribution in [3.63, 3.8) is 0 Å². The molecule has 2 rings (SSSR count). The number of esters is 1. The first-order chi connectivity index (χ1) is 13.5. The van der Waals surface area contributed by atoms with Crippen LogP contribution in [0, 0.1) is 0 Å². The van der Waals surface area contributed by atoms with Gasteiger partial charge in [0.15, 0.2) is 18.1 Å². The molecule has 2 N–H and O–H groups in total. The fourth-order valence-corrected chi connectivity index (χ4v) is 2.22. The molecule has 9 nitrogen and oxygen atoms in total. The number of nitrogens with one attached hydrogen (secondary N) is 2. The summed E-state index contributed by atoms with van der Waals surface area (Å²) >= 11 is 0. The number of methoxy groups -OCH3 is 3. The van der Waals surface area contributed by atoms with E-state index in [9.17, 15) is 14.4 Å². The molecule has 148 valence electrons. The normalized spacial score (nSPS) is 9.82. The van der Waals surface area contributed by atoms with Crippen molar-refractivity contribution < 1.29 is 33.3 Å². The Bertz CT molecular complexity index is 853. The van der Waals surface area contributed by atoms with Gasteiger partial charge in [-0.3, -0.25) is 20.4 Å². The van der Waals surface area contributed by atoms with Gasteiger partial charge in [0.2, 0.25) is 0 Å². The number of hydrogen-bond acceptors (Lipinski definition) is 7. The summed E-state index contributed by atoms with van der Waals surface area (Å²) in [6.45, 7) is -0.606. The summed E-state index contributed by atoms with van der Waals surface area (Å²) < 4.78 is 20.4. The SMILES string of the molecule is COc1cc(OC)c(C(=O)OCC(=O)NNC(=O)c2ccccc2)cc1OC. The number of rotatable bonds is 7. The largest absolute Gasteiger partial charge is 0.496 e. The van der Waals surface area contributed by atoms with Gasteiger partial charge in [-0.1, -0.05) is 18.2 Å². The topological polar surface area (TPSA) is 112 Å². The zero-order valence-electron chi connectivity index (χ0n) is 15.6. The summed E-state index contributed by atoms with van der Waals surface area (Å²) in [4.78, 5) is 36.0. The summed E-state index contributed by atoms with van der Waals surface area (Å²) in [5, 5.41) is 0. The van der Waals surface area contributed by atoms with Gasteiger partial charge in [-0.15, -0.1) is 0 Å². The predicted octanol–water partition coefficient (Wildman–Crippen LogP) is 1.33. The van der Waals surface area contributed by atoms with E-state index in [1.165, 1.54) is 33.5 Å². The van der Waals surface area contributed by atoms with Crippen molar-refractivity contribution in [3.8, 4) is 17.2 Å². The lowest BCUT2D eigenvalue weighted by atomic mass is 10.1. The third-order valence-electron chi connectivity index (χ3n) is 3.61. The zero-order chi connectivity index (χ0) is 20.5. The van der Waals surface area contributed by atoms with Crippen molar-refractivity contribution in [2.75, 3.05) is 27.9 Å². The van der Waals surface area contributed by atoms with E-state index in [-0.39, 0.29) is 11.3 Å². The van der Waals surface area contributed by atoms with E-state index in [0.717, 1.165) is 0 Å². The van der Waals surface area contributed by atoms with E-state index >= 15 is 0 Å². The predicted molar refractivity (Wildman–Crippen MR) is 98.4 cm³/mol. The Labute approximate surface area is 161 Å². The number of hydrazine groups is 1. The van der Waals surface area contributed by atoms with Gasteiger partial charge in [-0.25, -0.2) is 4.79 Å². The second-order valence-electron chi connectivity index (χ2n) is 5.35. The Kier molecular flexibility index (Phi) is 7.21. The van der Waals surface area contributed by atoms with Crippen molar-refractivity contribution >= 4 is 17.8 Å². The molecule has 2 aromatic rings. The minimum absolute atomic E-state index is 0.0567. The molecular formula is C19H20N2O7. The van der Waals surface area contributed by atoms with Crippen molar-refractivity contribution in [2.24, 2.45) is 0 Å². The van der Waals surface area contributed by atoms with E-state index in [0.29, 0.717) is 17.1 Å². The molecule has 0 fully saturated rings. The summed E-state index contributed by atoms with van der Waals surface area (Å²) in [6.07, 6.45) is 0. The van der Waals surface area contributed by atoms with Crippen LogP contribution in [0.15, 0.2) is 42.5 Å². The van der Waals surface area contributed by atoms with Crippen LogP contribution in [0.2, 0.25) is 0 Å². The number of ether oxygens (including phenoxy) is 4. The lowest BCUT2D eigenvalue weighted by molar-refractivity contribution is -0.125. The smallest absolute Gasteiger partial charge is 0.342 e. The molecule has 0 heterocycles. The molecule has 9 heteroatoms. The van der Waals surface area contributed by atoms with Crippen molar-refractivity contribution in [2.45, 2.75) is 0 Å². The number of carbonyl (C=O) groups is 3. The second-order valence-corrected chi connectivity index (χ2v) is 5.35. The molecular weight excluding hydrogens is 368 g/mol. The number of amides is 2. The summed E-state index contributed by atoms with van der Waals surface area (Å²) in [5.41, 5.74) is 4.82. The van der Waals surface area contributed by atoms with Crippen molar-refractivity contribution in [3.05, 3.63) is 53.6 Å². The minimum Gasteiger partial charge on any atom is -0.496 e. The molecule has 0 aromatic heterocycles. The lowest BCUT2D eigenvalue weighted by Crippen LogP contribution is -2.43. The van der Waals surface area contributed by atoms with E-state index in [2.05, 4.69) is 10.9 Å². The third-order valence-corrected chi connectivity index (χ3v) is 3.61. The molecule has 0 saturated carbocycles. The van der Waals surface area contributed by atoms with Crippen LogP contribution in [0.4, 0.5) is 0 Å². The standard InChI is InChI=1S/C19H20N2O7/c1-25-14-10-16(27-3)15(26-2)9-13(14)19(24)28-11-17(22)20-21-18(23)12-7-5-4-6-8-12/h4-10H,11H2,1-3H3,(H,20,22)(H,21,23). The minimum atomic E-state index is -0.803. The maximum absolute atomic E-state index is 12.3. The third kappa shape index (κ3) is 5.13. The highest BCUT2D eigenvalue weighted by molar-refractivity contribution is 5.96. The van der Waals surface area contributed by atoms with E-state index in [4.69, 9.17) is 18.9 Å². The molecule has 28 heavy (non-hydrogen) atoms. The Balaban J connectivity index is 1.94. The van der Waals surface area contributed by atoms with Crippen LogP contribution in [0.1, 0.15) is 20.7 Å². The monoisotopic (exact) mass is 388 g/mol. The fourth-order valence-electron chi connectivity index (χ4n) is 2.22. The van der Waals surface area contributed by atoms with Gasteiger partial charge in [-0.2, -0.15) is 0 Å². The lowest BCUT2D eigenvalue weighted by Gasteiger charge is -2.13. The molecule has 0 spiro atoms. The van der Waals surface area contributed by atoms with Gasteiger partial charge in [0, 0.05) is 17.7 Å². The van der Waals surface area contributed by atoms with Crippen LogP contribution < -0.4 is 25.1 Å². The van der Waals surface area contributed by atoms with E-state index in [1.54, 1.807) is 30.3 Å². The van der Waals surface area contributed by atoms with Crippen LogP contribution in [0.5, 0.6) is 17.2 Å². The summed E-state index contributed by atoms with van der Waals surface area (Å²) in [5.74, 6) is -1.14. The van der Waals surface area contributed by atoms with Crippen LogP contribution in [-0.4, -0.2) is 45.7 Å². The van der Waals surface area contributed by atoms with Crippen LogP contribution in [0.3, 0.4) is 0 Å². The quantitative estimate of drug-likeness (QED) is 0.544. The molecule has 0 saturated heterocycles. The van der Waals surface area contributed by atoms with Crippen molar-refractivity contribution in [1.82, 2.24) is 10.9 Å². The molecule has 2 aromatic carbocycles. The maximum Gasteiger partial charge on any atom is 0.342 e. The van der Waals surface area contributed by atoms with Crippen LogP contribution in [0.25, 0.3) is 0 Å². The van der Waals surface area contributed by atoms with E-state index in [1.807, 2.05) is 0 Å². The van der Waals surface area contributed by atoms with Gasteiger partial charge in [0.25, 0.3) is 11.8 Å². The molecule has 0 bridgehead atoms. The van der Waals surface area contributed by atoms with Crippen LogP contribution >= 0.6 is 0 Å². The highest BCUT2D eigenvalue weighted by atomic mass is 16.5. The highest BCUT2D eigenvalue weighted by Crippen LogP contribution is 2.34. The van der Waals surface area contributed by atoms with Gasteiger partial charge in [0.1, 0.15) is 11.3 Å². The highest BCUT2D eigenvalue weighted by Gasteiger charge is 2.20. The fraction of sp³-hybridized carbons (Fsp3) is 0.211. The van der Waals surface area contributed by atoms with Gasteiger partial charge < -0.3 is 18.9 Å². The molecule has 0 aliphatic rings. The molecule has 0 unspecified atom stereocenters. The van der Waals surface area contributed by atoms with E-state index < -0.39 is 24.4 Å². The number of carbonyl (C=O) groups excluding carboxylic acids is 3. The first-order valence-electron chi connectivity index (χ1n) is 8.11. The molecule has 2 amide bonds. The molecule has 0 radical (unpaired) electrons. The Morgan fingerprint density at radius 3 is 2.04 bits per heavy atom. The first-order valence-corrected chi connectivity index (χ1v) is 8.11. The molecule has 0 aliphatic carbocycles. The average molecular weight is 388 g/mol. The van der Waals surface area contributed by atoms with Gasteiger partial charge in [-0.05, 0) is 12.1 Å². The maximum atomic E-state index is 12.3. The number of hydrogen-bond donors (Lipinski definition) is 2.